The Morgan fingerprint density at radius 2 is 1.96 bits per heavy atom. The molecule has 0 spiro atoms. The number of aromatic nitrogens is 3. The molecular formula is C20H17ClN4OS. The second-order valence-electron chi connectivity index (χ2n) is 5.60. The smallest absolute Gasteiger partial charge is 0.191 e. The molecule has 27 heavy (non-hydrogen) atoms. The third kappa shape index (κ3) is 4.91. The Balaban J connectivity index is 1.71. The van der Waals surface area contributed by atoms with Crippen LogP contribution in [0.3, 0.4) is 0 Å². The minimum atomic E-state index is 0.289. The number of thioether (sulfide) groups is 1. The summed E-state index contributed by atoms with van der Waals surface area (Å²) in [6.07, 6.45) is 1.79. The van der Waals surface area contributed by atoms with E-state index in [2.05, 4.69) is 22.8 Å². The van der Waals surface area contributed by atoms with E-state index in [1.807, 2.05) is 41.0 Å². The molecule has 7 heteroatoms. The van der Waals surface area contributed by atoms with Crippen LogP contribution in [0.1, 0.15) is 17.0 Å². The van der Waals surface area contributed by atoms with Gasteiger partial charge in [-0.05, 0) is 35.9 Å². The lowest BCUT2D eigenvalue weighted by atomic mass is 10.1. The van der Waals surface area contributed by atoms with Gasteiger partial charge >= 0.3 is 0 Å². The number of ether oxygens (including phenoxy) is 1. The fourth-order valence-corrected chi connectivity index (χ4v) is 3.52. The molecule has 0 aliphatic rings. The van der Waals surface area contributed by atoms with Crippen molar-refractivity contribution < 1.29 is 4.74 Å². The van der Waals surface area contributed by atoms with Crippen LogP contribution in [0.25, 0.3) is 0 Å². The predicted molar refractivity (Wildman–Crippen MR) is 107 cm³/mol. The maximum Gasteiger partial charge on any atom is 0.191 e. The number of nitrogens with zero attached hydrogens (tertiary/aromatic N) is 4. The van der Waals surface area contributed by atoms with E-state index in [1.54, 1.807) is 18.2 Å². The molecule has 0 fully saturated rings. The molecule has 3 rings (SSSR count). The molecule has 2 aromatic carbocycles. The fraction of sp³-hybridized carbons (Fsp3) is 0.150. The molecule has 0 atom stereocenters. The van der Waals surface area contributed by atoms with Crippen molar-refractivity contribution in [1.82, 2.24) is 14.8 Å². The number of nitriles is 1. The summed E-state index contributed by atoms with van der Waals surface area (Å²) in [5.41, 5.74) is 1.64. The second kappa shape index (κ2) is 9.26. The molecule has 0 radical (unpaired) electrons. The first-order valence-electron chi connectivity index (χ1n) is 8.23. The number of hydrogen-bond acceptors (Lipinski definition) is 5. The van der Waals surface area contributed by atoms with E-state index < -0.39 is 0 Å². The van der Waals surface area contributed by atoms with Crippen molar-refractivity contribution in [2.24, 2.45) is 0 Å². The van der Waals surface area contributed by atoms with Crippen LogP contribution in [-0.4, -0.2) is 14.8 Å². The third-order valence-corrected chi connectivity index (χ3v) is 5.05. The molecule has 0 saturated carbocycles. The molecule has 0 unspecified atom stereocenters. The zero-order valence-electron chi connectivity index (χ0n) is 14.5. The van der Waals surface area contributed by atoms with Crippen molar-refractivity contribution in [1.29, 1.82) is 5.26 Å². The normalized spacial score (nSPS) is 10.4. The number of allylic oxidation sites excluding steroid dienone is 1. The van der Waals surface area contributed by atoms with Gasteiger partial charge in [-0.15, -0.1) is 16.8 Å². The lowest BCUT2D eigenvalue weighted by molar-refractivity contribution is 0.289. The second-order valence-corrected chi connectivity index (χ2v) is 6.98. The molecule has 0 N–H and O–H groups in total. The summed E-state index contributed by atoms with van der Waals surface area (Å²) in [6.45, 7) is 4.67. The Labute approximate surface area is 167 Å². The first-order valence-corrected chi connectivity index (χ1v) is 9.59. The van der Waals surface area contributed by atoms with E-state index in [1.165, 1.54) is 11.8 Å². The van der Waals surface area contributed by atoms with Gasteiger partial charge in [-0.2, -0.15) is 5.26 Å². The van der Waals surface area contributed by atoms with Crippen LogP contribution >= 0.6 is 23.4 Å². The Morgan fingerprint density at radius 1 is 1.19 bits per heavy atom. The molecule has 0 amide bonds. The van der Waals surface area contributed by atoms with Crippen LogP contribution in [0, 0.1) is 11.3 Å². The predicted octanol–water partition coefficient (Wildman–Crippen LogP) is 4.86. The molecule has 1 aromatic heterocycles. The maximum absolute atomic E-state index is 9.22. The van der Waals surface area contributed by atoms with Gasteiger partial charge in [0.1, 0.15) is 12.4 Å². The van der Waals surface area contributed by atoms with Gasteiger partial charge in [0.05, 0.1) is 11.6 Å². The summed E-state index contributed by atoms with van der Waals surface area (Å²) in [7, 11) is 0. The summed E-state index contributed by atoms with van der Waals surface area (Å²) in [5.74, 6) is 2.06. The summed E-state index contributed by atoms with van der Waals surface area (Å²) < 4.78 is 7.74. The van der Waals surface area contributed by atoms with Crippen molar-refractivity contribution in [2.75, 3.05) is 0 Å². The SMILES string of the molecule is C=CCn1c(COc2ccc(Cl)cc2)nnc1SCc1ccccc1C#N. The molecule has 0 aliphatic carbocycles. The highest BCUT2D eigenvalue weighted by Gasteiger charge is 2.13. The standard InChI is InChI=1S/C20H17ClN4OS/c1-2-11-25-19(13-26-18-9-7-17(21)8-10-18)23-24-20(25)27-14-16-6-4-3-5-15(16)12-22/h2-10H,1,11,13-14H2. The molecule has 136 valence electrons. The molecule has 0 saturated heterocycles. The average molecular weight is 397 g/mol. The number of benzene rings is 2. The van der Waals surface area contributed by atoms with Crippen LogP contribution in [0.2, 0.25) is 5.02 Å². The van der Waals surface area contributed by atoms with Gasteiger partial charge in [-0.1, -0.05) is 47.6 Å². The van der Waals surface area contributed by atoms with Crippen LogP contribution in [-0.2, 0) is 18.9 Å². The van der Waals surface area contributed by atoms with Gasteiger partial charge < -0.3 is 4.74 Å². The highest BCUT2D eigenvalue weighted by molar-refractivity contribution is 7.98. The Morgan fingerprint density at radius 3 is 2.70 bits per heavy atom. The fourth-order valence-electron chi connectivity index (χ4n) is 2.42. The molecule has 0 bridgehead atoms. The summed E-state index contributed by atoms with van der Waals surface area (Å²) in [6, 6.07) is 16.9. The van der Waals surface area contributed by atoms with Crippen LogP contribution in [0.4, 0.5) is 0 Å². The average Bonchev–Trinajstić information content (AvgIpc) is 3.08. The van der Waals surface area contributed by atoms with Gasteiger partial charge in [0.15, 0.2) is 11.0 Å². The lowest BCUT2D eigenvalue weighted by Crippen LogP contribution is -2.07. The molecule has 0 aliphatic heterocycles. The van der Waals surface area contributed by atoms with Crippen molar-refractivity contribution in [3.8, 4) is 11.8 Å². The highest BCUT2D eigenvalue weighted by Crippen LogP contribution is 2.24. The summed E-state index contributed by atoms with van der Waals surface area (Å²) in [4.78, 5) is 0. The zero-order chi connectivity index (χ0) is 19.1. The van der Waals surface area contributed by atoms with E-state index in [-0.39, 0.29) is 6.61 Å². The van der Waals surface area contributed by atoms with Gasteiger partial charge in [0.2, 0.25) is 0 Å². The topological polar surface area (TPSA) is 63.7 Å². The Kier molecular flexibility index (Phi) is 6.53. The quantitative estimate of drug-likeness (QED) is 0.402. The van der Waals surface area contributed by atoms with Crippen LogP contribution in [0.5, 0.6) is 5.75 Å². The minimum Gasteiger partial charge on any atom is -0.486 e. The number of halogens is 1. The third-order valence-electron chi connectivity index (χ3n) is 3.78. The van der Waals surface area contributed by atoms with E-state index in [9.17, 15) is 5.26 Å². The van der Waals surface area contributed by atoms with Crippen molar-refractivity contribution in [2.45, 2.75) is 24.1 Å². The van der Waals surface area contributed by atoms with Gasteiger partial charge in [-0.3, -0.25) is 4.57 Å². The van der Waals surface area contributed by atoms with Gasteiger partial charge in [0, 0.05) is 17.3 Å². The van der Waals surface area contributed by atoms with Gasteiger partial charge in [0.25, 0.3) is 0 Å². The first kappa shape index (κ1) is 19.0. The van der Waals surface area contributed by atoms with E-state index in [0.717, 1.165) is 10.7 Å². The van der Waals surface area contributed by atoms with E-state index in [4.69, 9.17) is 16.3 Å². The maximum atomic E-state index is 9.22. The monoisotopic (exact) mass is 396 g/mol. The van der Waals surface area contributed by atoms with Crippen LogP contribution in [0.15, 0.2) is 66.3 Å². The molecule has 3 aromatic rings. The summed E-state index contributed by atoms with van der Waals surface area (Å²) >= 11 is 7.42. The van der Waals surface area contributed by atoms with Gasteiger partial charge in [-0.25, -0.2) is 0 Å². The van der Waals surface area contributed by atoms with Crippen LogP contribution < -0.4 is 4.74 Å². The van der Waals surface area contributed by atoms with E-state index in [0.29, 0.717) is 34.5 Å². The molecular weight excluding hydrogens is 380 g/mol. The summed E-state index contributed by atoms with van der Waals surface area (Å²) in [5, 5.41) is 19.2. The Hall–Kier alpha value is -2.75. The molecule has 5 nitrogen and oxygen atoms in total. The minimum absolute atomic E-state index is 0.289. The van der Waals surface area contributed by atoms with Crippen molar-refractivity contribution in [3.63, 3.8) is 0 Å². The Bertz CT molecular complexity index is 963. The van der Waals surface area contributed by atoms with Crippen molar-refractivity contribution >= 4 is 23.4 Å². The lowest BCUT2D eigenvalue weighted by Gasteiger charge is -2.09. The number of rotatable bonds is 8. The van der Waals surface area contributed by atoms with E-state index >= 15 is 0 Å². The largest absolute Gasteiger partial charge is 0.486 e. The zero-order valence-corrected chi connectivity index (χ0v) is 16.1. The highest BCUT2D eigenvalue weighted by atomic mass is 35.5. The first-order chi connectivity index (χ1) is 13.2. The molecule has 1 heterocycles. The van der Waals surface area contributed by atoms with Crippen molar-refractivity contribution in [3.05, 3.63) is 83.2 Å². The number of hydrogen-bond donors (Lipinski definition) is 0.